The molecule has 0 radical (unpaired) electrons. The van der Waals surface area contributed by atoms with Crippen molar-refractivity contribution in [1.29, 1.82) is 0 Å². The van der Waals surface area contributed by atoms with Crippen LogP contribution >= 0.6 is 10.7 Å². The molecular formula is C13H19ClO2S. The minimum atomic E-state index is -3.35. The van der Waals surface area contributed by atoms with Gasteiger partial charge in [-0.25, -0.2) is 8.42 Å². The van der Waals surface area contributed by atoms with Crippen molar-refractivity contribution in [3.63, 3.8) is 0 Å². The zero-order chi connectivity index (χ0) is 12.9. The molecule has 0 aliphatic rings. The Morgan fingerprint density at radius 2 is 1.65 bits per heavy atom. The highest BCUT2D eigenvalue weighted by molar-refractivity contribution is 8.13. The third kappa shape index (κ3) is 6.69. The van der Waals surface area contributed by atoms with Crippen molar-refractivity contribution in [2.24, 2.45) is 5.92 Å². The van der Waals surface area contributed by atoms with Gasteiger partial charge >= 0.3 is 0 Å². The monoisotopic (exact) mass is 274 g/mol. The van der Waals surface area contributed by atoms with Gasteiger partial charge in [-0.3, -0.25) is 0 Å². The fourth-order valence-electron chi connectivity index (χ4n) is 1.76. The summed E-state index contributed by atoms with van der Waals surface area (Å²) in [5.41, 5.74) is 2.49. The Morgan fingerprint density at radius 1 is 1.12 bits per heavy atom. The average molecular weight is 275 g/mol. The average Bonchev–Trinajstić information content (AvgIpc) is 2.18. The van der Waals surface area contributed by atoms with Crippen LogP contribution in [0.25, 0.3) is 0 Å². The lowest BCUT2D eigenvalue weighted by Gasteiger charge is -2.06. The Kier molecular flexibility index (Phi) is 5.47. The molecule has 0 heterocycles. The molecule has 0 unspecified atom stereocenters. The van der Waals surface area contributed by atoms with Crippen molar-refractivity contribution < 1.29 is 8.42 Å². The lowest BCUT2D eigenvalue weighted by molar-refractivity contribution is 0.607. The number of hydrogen-bond acceptors (Lipinski definition) is 2. The first-order chi connectivity index (χ1) is 7.87. The second-order valence-corrected chi connectivity index (χ2v) is 7.66. The summed E-state index contributed by atoms with van der Waals surface area (Å²) in [7, 11) is 1.81. The normalized spacial score (nSPS) is 12.0. The zero-order valence-corrected chi connectivity index (χ0v) is 11.9. The predicted octanol–water partition coefficient (Wildman–Crippen LogP) is 3.39. The molecule has 0 aliphatic heterocycles. The van der Waals surface area contributed by atoms with Crippen LogP contribution in [0, 0.1) is 5.92 Å². The standard InChI is InChI=1S/C13H19ClO2S/c1-11(2)10-13-7-5-12(6-8-13)4-3-9-17(14,15)16/h5-8,11H,3-4,9-10H2,1-2H3. The number of benzene rings is 1. The summed E-state index contributed by atoms with van der Waals surface area (Å²) in [4.78, 5) is 0. The fourth-order valence-corrected chi connectivity index (χ4v) is 2.58. The summed E-state index contributed by atoms with van der Waals surface area (Å²) in [6.07, 6.45) is 2.42. The van der Waals surface area contributed by atoms with Gasteiger partial charge in [0.2, 0.25) is 9.05 Å². The molecule has 4 heteroatoms. The maximum absolute atomic E-state index is 10.8. The van der Waals surface area contributed by atoms with Gasteiger partial charge in [-0.2, -0.15) is 0 Å². The van der Waals surface area contributed by atoms with Crippen molar-refractivity contribution in [2.75, 3.05) is 5.75 Å². The molecule has 0 aliphatic carbocycles. The van der Waals surface area contributed by atoms with E-state index in [1.165, 1.54) is 5.56 Å². The molecule has 0 N–H and O–H groups in total. The predicted molar refractivity (Wildman–Crippen MR) is 72.9 cm³/mol. The van der Waals surface area contributed by atoms with Gasteiger partial charge in [0.05, 0.1) is 5.75 Å². The molecule has 0 spiro atoms. The van der Waals surface area contributed by atoms with Crippen LogP contribution in [0.2, 0.25) is 0 Å². The van der Waals surface area contributed by atoms with Gasteiger partial charge in [-0.05, 0) is 36.3 Å². The molecule has 0 amide bonds. The molecule has 96 valence electrons. The molecule has 0 fully saturated rings. The minimum Gasteiger partial charge on any atom is -0.212 e. The molecule has 17 heavy (non-hydrogen) atoms. The van der Waals surface area contributed by atoms with E-state index in [-0.39, 0.29) is 5.75 Å². The maximum atomic E-state index is 10.8. The SMILES string of the molecule is CC(C)Cc1ccc(CCCS(=O)(=O)Cl)cc1. The summed E-state index contributed by atoms with van der Waals surface area (Å²) < 4.78 is 21.5. The van der Waals surface area contributed by atoms with Crippen molar-refractivity contribution in [3.8, 4) is 0 Å². The number of aryl methyl sites for hydroxylation is 1. The topological polar surface area (TPSA) is 34.1 Å². The smallest absolute Gasteiger partial charge is 0.212 e. The molecule has 1 aromatic rings. The van der Waals surface area contributed by atoms with E-state index in [9.17, 15) is 8.42 Å². The summed E-state index contributed by atoms with van der Waals surface area (Å²) in [5, 5.41) is 0. The van der Waals surface area contributed by atoms with Gasteiger partial charge in [0.15, 0.2) is 0 Å². The Hall–Kier alpha value is -0.540. The first kappa shape index (κ1) is 14.5. The van der Waals surface area contributed by atoms with E-state index in [2.05, 4.69) is 38.1 Å². The van der Waals surface area contributed by atoms with Crippen LogP contribution in [0.1, 0.15) is 31.4 Å². The third-order valence-electron chi connectivity index (χ3n) is 2.52. The van der Waals surface area contributed by atoms with E-state index in [1.54, 1.807) is 0 Å². The highest BCUT2D eigenvalue weighted by atomic mass is 35.7. The zero-order valence-electron chi connectivity index (χ0n) is 10.3. The summed E-state index contributed by atoms with van der Waals surface area (Å²) in [6, 6.07) is 8.37. The lowest BCUT2D eigenvalue weighted by Crippen LogP contribution is -1.99. The first-order valence-corrected chi connectivity index (χ1v) is 8.35. The summed E-state index contributed by atoms with van der Waals surface area (Å²) in [6.45, 7) is 4.39. The van der Waals surface area contributed by atoms with Gasteiger partial charge in [0.1, 0.15) is 0 Å². The molecule has 0 atom stereocenters. The molecule has 0 saturated carbocycles. The molecule has 1 aromatic carbocycles. The van der Waals surface area contributed by atoms with E-state index in [0.717, 1.165) is 18.4 Å². The second-order valence-electron chi connectivity index (χ2n) is 4.76. The molecule has 2 nitrogen and oxygen atoms in total. The molecular weight excluding hydrogens is 256 g/mol. The Bertz CT molecular complexity index is 435. The summed E-state index contributed by atoms with van der Waals surface area (Å²) >= 11 is 0. The third-order valence-corrected chi connectivity index (χ3v) is 3.76. The summed E-state index contributed by atoms with van der Waals surface area (Å²) in [5.74, 6) is 0.699. The largest absolute Gasteiger partial charge is 0.232 e. The Labute approximate surface area is 108 Å². The highest BCUT2D eigenvalue weighted by Crippen LogP contribution is 2.12. The highest BCUT2D eigenvalue weighted by Gasteiger charge is 2.05. The van der Waals surface area contributed by atoms with E-state index in [4.69, 9.17) is 10.7 Å². The number of hydrogen-bond donors (Lipinski definition) is 0. The quantitative estimate of drug-likeness (QED) is 0.745. The van der Waals surface area contributed by atoms with Gasteiger partial charge in [0, 0.05) is 10.7 Å². The molecule has 0 saturated heterocycles. The van der Waals surface area contributed by atoms with Crippen molar-refractivity contribution in [1.82, 2.24) is 0 Å². The van der Waals surface area contributed by atoms with Crippen LogP contribution < -0.4 is 0 Å². The van der Waals surface area contributed by atoms with Gasteiger partial charge < -0.3 is 0 Å². The van der Waals surface area contributed by atoms with Crippen LogP contribution in [0.4, 0.5) is 0 Å². The van der Waals surface area contributed by atoms with Crippen LogP contribution in [0.15, 0.2) is 24.3 Å². The van der Waals surface area contributed by atoms with Gasteiger partial charge in [0.25, 0.3) is 0 Å². The Balaban J connectivity index is 2.46. The van der Waals surface area contributed by atoms with Crippen molar-refractivity contribution in [2.45, 2.75) is 33.1 Å². The van der Waals surface area contributed by atoms with Crippen LogP contribution in [-0.4, -0.2) is 14.2 Å². The van der Waals surface area contributed by atoms with Gasteiger partial charge in [-0.1, -0.05) is 38.1 Å². The van der Waals surface area contributed by atoms with Crippen LogP contribution in [-0.2, 0) is 21.9 Å². The first-order valence-electron chi connectivity index (χ1n) is 5.87. The van der Waals surface area contributed by atoms with Crippen molar-refractivity contribution in [3.05, 3.63) is 35.4 Å². The maximum Gasteiger partial charge on any atom is 0.232 e. The number of rotatable bonds is 6. The van der Waals surface area contributed by atoms with E-state index < -0.39 is 9.05 Å². The number of halogens is 1. The molecule has 1 rings (SSSR count). The van der Waals surface area contributed by atoms with Crippen molar-refractivity contribution >= 4 is 19.7 Å². The molecule has 0 aromatic heterocycles. The van der Waals surface area contributed by atoms with E-state index in [0.29, 0.717) is 12.3 Å². The minimum absolute atomic E-state index is 0.0439. The second kappa shape index (κ2) is 6.41. The lowest BCUT2D eigenvalue weighted by atomic mass is 10.0. The van der Waals surface area contributed by atoms with Crippen LogP contribution in [0.3, 0.4) is 0 Å². The van der Waals surface area contributed by atoms with E-state index in [1.807, 2.05) is 0 Å². The fraction of sp³-hybridized carbons (Fsp3) is 0.538. The Morgan fingerprint density at radius 3 is 2.12 bits per heavy atom. The van der Waals surface area contributed by atoms with Gasteiger partial charge in [-0.15, -0.1) is 0 Å². The van der Waals surface area contributed by atoms with Crippen LogP contribution in [0.5, 0.6) is 0 Å². The van der Waals surface area contributed by atoms with E-state index >= 15 is 0 Å². The molecule has 0 bridgehead atoms.